The standard InChI is InChI=1S/C16H20N4O2/c1-11-5-6-14(22-3)13(9-11)17-16(21)19-7-4-8-20-15(19)10-12(2)18-20/h5-6,9-10H,4,7-8H2,1-3H3,(H,17,21). The summed E-state index contributed by atoms with van der Waals surface area (Å²) in [5, 5.41) is 7.35. The molecule has 2 aromatic rings. The Labute approximate surface area is 129 Å². The largest absolute Gasteiger partial charge is 0.495 e. The number of urea groups is 1. The monoisotopic (exact) mass is 300 g/mol. The molecule has 2 heterocycles. The SMILES string of the molecule is COc1ccc(C)cc1NC(=O)N1CCCn2nc(C)cc21. The number of ether oxygens (including phenoxy) is 1. The van der Waals surface area contributed by atoms with E-state index in [1.807, 2.05) is 42.8 Å². The van der Waals surface area contributed by atoms with Crippen molar-refractivity contribution in [1.82, 2.24) is 9.78 Å². The second-order valence-electron chi connectivity index (χ2n) is 5.51. The van der Waals surface area contributed by atoms with E-state index in [0.29, 0.717) is 18.0 Å². The minimum atomic E-state index is -0.162. The van der Waals surface area contributed by atoms with E-state index in [1.54, 1.807) is 12.0 Å². The third-order valence-electron chi connectivity index (χ3n) is 3.75. The minimum absolute atomic E-state index is 0.162. The molecule has 0 radical (unpaired) electrons. The van der Waals surface area contributed by atoms with E-state index in [4.69, 9.17) is 4.74 Å². The van der Waals surface area contributed by atoms with Gasteiger partial charge in [0.2, 0.25) is 0 Å². The highest BCUT2D eigenvalue weighted by molar-refractivity contribution is 6.02. The Hall–Kier alpha value is -2.50. The van der Waals surface area contributed by atoms with E-state index < -0.39 is 0 Å². The van der Waals surface area contributed by atoms with Gasteiger partial charge < -0.3 is 10.1 Å². The maximum atomic E-state index is 12.6. The van der Waals surface area contributed by atoms with Crippen molar-refractivity contribution in [3.8, 4) is 5.75 Å². The van der Waals surface area contributed by atoms with Crippen molar-refractivity contribution in [1.29, 1.82) is 0 Å². The quantitative estimate of drug-likeness (QED) is 0.927. The van der Waals surface area contributed by atoms with Crippen LogP contribution in [0.3, 0.4) is 0 Å². The summed E-state index contributed by atoms with van der Waals surface area (Å²) in [4.78, 5) is 14.4. The normalized spacial score (nSPS) is 13.7. The van der Waals surface area contributed by atoms with Crippen molar-refractivity contribution < 1.29 is 9.53 Å². The average molecular weight is 300 g/mol. The summed E-state index contributed by atoms with van der Waals surface area (Å²) in [5.41, 5.74) is 2.67. The molecule has 1 aromatic heterocycles. The molecule has 2 amide bonds. The number of hydrogen-bond donors (Lipinski definition) is 1. The molecule has 6 heteroatoms. The molecule has 1 aliphatic rings. The Morgan fingerprint density at radius 2 is 2.09 bits per heavy atom. The Kier molecular flexibility index (Phi) is 3.75. The predicted molar refractivity (Wildman–Crippen MR) is 85.7 cm³/mol. The van der Waals surface area contributed by atoms with Gasteiger partial charge in [-0.15, -0.1) is 0 Å². The van der Waals surface area contributed by atoms with Gasteiger partial charge in [-0.1, -0.05) is 6.07 Å². The van der Waals surface area contributed by atoms with Gasteiger partial charge in [0, 0.05) is 19.2 Å². The number of anilines is 2. The van der Waals surface area contributed by atoms with Crippen LogP contribution >= 0.6 is 0 Å². The number of aryl methyl sites for hydroxylation is 3. The number of fused-ring (bicyclic) bond motifs is 1. The fourth-order valence-electron chi connectivity index (χ4n) is 2.71. The first kappa shape index (κ1) is 14.4. The summed E-state index contributed by atoms with van der Waals surface area (Å²) in [5.74, 6) is 1.49. The van der Waals surface area contributed by atoms with Crippen molar-refractivity contribution in [3.05, 3.63) is 35.5 Å². The molecule has 3 rings (SSSR count). The van der Waals surface area contributed by atoms with Crippen molar-refractivity contribution in [2.45, 2.75) is 26.8 Å². The molecule has 6 nitrogen and oxygen atoms in total. The highest BCUT2D eigenvalue weighted by atomic mass is 16.5. The lowest BCUT2D eigenvalue weighted by Crippen LogP contribution is -2.40. The van der Waals surface area contributed by atoms with Crippen LogP contribution in [0.4, 0.5) is 16.3 Å². The summed E-state index contributed by atoms with van der Waals surface area (Å²) >= 11 is 0. The van der Waals surface area contributed by atoms with Crippen molar-refractivity contribution in [3.63, 3.8) is 0 Å². The number of methoxy groups -OCH3 is 1. The number of nitrogens with zero attached hydrogens (tertiary/aromatic N) is 3. The number of aromatic nitrogens is 2. The number of nitrogens with one attached hydrogen (secondary N) is 1. The number of rotatable bonds is 2. The predicted octanol–water partition coefficient (Wildman–Crippen LogP) is 2.95. The van der Waals surface area contributed by atoms with Crippen LogP contribution in [-0.2, 0) is 6.54 Å². The molecule has 22 heavy (non-hydrogen) atoms. The van der Waals surface area contributed by atoms with Crippen LogP contribution in [-0.4, -0.2) is 29.5 Å². The molecule has 0 saturated heterocycles. The second-order valence-corrected chi connectivity index (χ2v) is 5.51. The Balaban J connectivity index is 1.85. The highest BCUT2D eigenvalue weighted by Crippen LogP contribution is 2.27. The molecule has 116 valence electrons. The van der Waals surface area contributed by atoms with Gasteiger partial charge in [-0.3, -0.25) is 4.90 Å². The van der Waals surface area contributed by atoms with Crippen LogP contribution in [0, 0.1) is 13.8 Å². The van der Waals surface area contributed by atoms with E-state index >= 15 is 0 Å². The smallest absolute Gasteiger partial charge is 0.327 e. The van der Waals surface area contributed by atoms with E-state index in [2.05, 4.69) is 10.4 Å². The zero-order valence-electron chi connectivity index (χ0n) is 13.1. The van der Waals surface area contributed by atoms with Crippen molar-refractivity contribution >= 4 is 17.5 Å². The van der Waals surface area contributed by atoms with Gasteiger partial charge in [0.25, 0.3) is 0 Å². The Morgan fingerprint density at radius 3 is 2.86 bits per heavy atom. The lowest BCUT2D eigenvalue weighted by molar-refractivity contribution is 0.255. The zero-order valence-corrected chi connectivity index (χ0v) is 13.1. The van der Waals surface area contributed by atoms with Gasteiger partial charge >= 0.3 is 6.03 Å². The van der Waals surface area contributed by atoms with Gasteiger partial charge in [-0.2, -0.15) is 5.10 Å². The number of hydrogen-bond acceptors (Lipinski definition) is 3. The first-order valence-corrected chi connectivity index (χ1v) is 7.36. The van der Waals surface area contributed by atoms with Crippen LogP contribution < -0.4 is 15.0 Å². The minimum Gasteiger partial charge on any atom is -0.495 e. The first-order valence-electron chi connectivity index (χ1n) is 7.36. The van der Waals surface area contributed by atoms with E-state index in [-0.39, 0.29) is 6.03 Å². The Morgan fingerprint density at radius 1 is 1.27 bits per heavy atom. The highest BCUT2D eigenvalue weighted by Gasteiger charge is 2.24. The summed E-state index contributed by atoms with van der Waals surface area (Å²) in [6.45, 7) is 5.45. The Bertz CT molecular complexity index is 708. The number of amides is 2. The van der Waals surface area contributed by atoms with E-state index in [1.165, 1.54) is 0 Å². The molecule has 0 aliphatic carbocycles. The van der Waals surface area contributed by atoms with Crippen LogP contribution in [0.1, 0.15) is 17.7 Å². The maximum absolute atomic E-state index is 12.6. The summed E-state index contributed by atoms with van der Waals surface area (Å²) in [7, 11) is 1.60. The van der Waals surface area contributed by atoms with Gasteiger partial charge in [-0.25, -0.2) is 9.48 Å². The molecule has 0 unspecified atom stereocenters. The third-order valence-corrected chi connectivity index (χ3v) is 3.75. The third kappa shape index (κ3) is 2.64. The molecule has 1 N–H and O–H groups in total. The van der Waals surface area contributed by atoms with E-state index in [0.717, 1.165) is 30.0 Å². The summed E-state index contributed by atoms with van der Waals surface area (Å²) in [6.07, 6.45) is 0.895. The van der Waals surface area contributed by atoms with Crippen molar-refractivity contribution in [2.75, 3.05) is 23.9 Å². The van der Waals surface area contributed by atoms with Gasteiger partial charge in [0.15, 0.2) is 0 Å². The molecule has 0 spiro atoms. The topological polar surface area (TPSA) is 59.4 Å². The van der Waals surface area contributed by atoms with Gasteiger partial charge in [0.05, 0.1) is 18.5 Å². The van der Waals surface area contributed by atoms with Crippen LogP contribution in [0.2, 0.25) is 0 Å². The van der Waals surface area contributed by atoms with Crippen LogP contribution in [0.5, 0.6) is 5.75 Å². The summed E-state index contributed by atoms with van der Waals surface area (Å²) < 4.78 is 7.19. The lowest BCUT2D eigenvalue weighted by Gasteiger charge is -2.28. The maximum Gasteiger partial charge on any atom is 0.327 e. The average Bonchev–Trinajstić information content (AvgIpc) is 2.87. The molecule has 0 bridgehead atoms. The lowest BCUT2D eigenvalue weighted by atomic mass is 10.2. The van der Waals surface area contributed by atoms with Gasteiger partial charge in [0.1, 0.15) is 11.6 Å². The van der Waals surface area contributed by atoms with Crippen molar-refractivity contribution in [2.24, 2.45) is 0 Å². The van der Waals surface area contributed by atoms with E-state index in [9.17, 15) is 4.79 Å². The van der Waals surface area contributed by atoms with Crippen LogP contribution in [0.15, 0.2) is 24.3 Å². The molecular formula is C16H20N4O2. The first-order chi connectivity index (χ1) is 10.6. The fourth-order valence-corrected chi connectivity index (χ4v) is 2.71. The molecular weight excluding hydrogens is 280 g/mol. The second kappa shape index (κ2) is 5.71. The summed E-state index contributed by atoms with van der Waals surface area (Å²) in [6, 6.07) is 7.49. The van der Waals surface area contributed by atoms with Crippen LogP contribution in [0.25, 0.3) is 0 Å². The van der Waals surface area contributed by atoms with Gasteiger partial charge in [-0.05, 0) is 38.0 Å². The number of carbonyl (C=O) groups excluding carboxylic acids is 1. The number of carbonyl (C=O) groups is 1. The molecule has 1 aliphatic heterocycles. The zero-order chi connectivity index (χ0) is 15.7. The fraction of sp³-hybridized carbons (Fsp3) is 0.375. The molecule has 1 aromatic carbocycles. The number of benzene rings is 1. The molecule has 0 saturated carbocycles. The molecule has 0 fully saturated rings. The molecule has 0 atom stereocenters.